The third kappa shape index (κ3) is 5.22. The molecule has 0 aliphatic rings. The number of benzene rings is 1. The van der Waals surface area contributed by atoms with Crippen LogP contribution in [0.3, 0.4) is 0 Å². The van der Waals surface area contributed by atoms with Crippen molar-refractivity contribution in [1.82, 2.24) is 0 Å². The molecular weight excluding hydrogens is 276 g/mol. The van der Waals surface area contributed by atoms with Crippen molar-refractivity contribution in [3.63, 3.8) is 0 Å². The highest BCUT2D eigenvalue weighted by Crippen LogP contribution is 2.23. The Bertz CT molecular complexity index is 320. The predicted octanol–water partition coefficient (Wildman–Crippen LogP) is 4.43. The summed E-state index contributed by atoms with van der Waals surface area (Å²) in [6, 6.07) is 8.39. The van der Waals surface area contributed by atoms with Crippen LogP contribution in [-0.4, -0.2) is 11.7 Å². The van der Waals surface area contributed by atoms with E-state index in [0.29, 0.717) is 12.5 Å². The molecule has 2 heteroatoms. The summed E-state index contributed by atoms with van der Waals surface area (Å²) in [6.07, 6.45) is 4.54. The molecule has 17 heavy (non-hydrogen) atoms. The molecule has 1 aromatic rings. The highest BCUT2D eigenvalue weighted by molar-refractivity contribution is 9.10. The Morgan fingerprint density at radius 1 is 1.18 bits per heavy atom. The fraction of sp³-hybridized carbons (Fsp3) is 0.600. The minimum atomic E-state index is 0.295. The van der Waals surface area contributed by atoms with Crippen LogP contribution >= 0.6 is 15.9 Å². The lowest BCUT2D eigenvalue weighted by Crippen LogP contribution is -2.14. The van der Waals surface area contributed by atoms with Gasteiger partial charge in [0.05, 0.1) is 0 Å². The summed E-state index contributed by atoms with van der Waals surface area (Å²) in [5, 5.41) is 9.48. The Morgan fingerprint density at radius 3 is 2.41 bits per heavy atom. The lowest BCUT2D eigenvalue weighted by molar-refractivity contribution is 0.196. The van der Waals surface area contributed by atoms with Crippen LogP contribution in [0, 0.1) is 11.8 Å². The molecule has 0 aliphatic carbocycles. The molecule has 0 saturated carbocycles. The molecular formula is C15H23BrO. The Kier molecular flexibility index (Phi) is 6.83. The largest absolute Gasteiger partial charge is 0.396 e. The van der Waals surface area contributed by atoms with Crippen molar-refractivity contribution in [3.05, 3.63) is 34.3 Å². The molecule has 0 spiro atoms. The van der Waals surface area contributed by atoms with Gasteiger partial charge in [-0.05, 0) is 42.4 Å². The third-order valence-corrected chi connectivity index (χ3v) is 3.99. The highest BCUT2D eigenvalue weighted by Gasteiger charge is 2.14. The van der Waals surface area contributed by atoms with Gasteiger partial charge >= 0.3 is 0 Å². The molecule has 0 aliphatic heterocycles. The van der Waals surface area contributed by atoms with Gasteiger partial charge in [-0.3, -0.25) is 0 Å². The second-order valence-corrected chi connectivity index (χ2v) is 5.72. The minimum Gasteiger partial charge on any atom is -0.396 e. The monoisotopic (exact) mass is 298 g/mol. The Labute approximate surface area is 113 Å². The predicted molar refractivity (Wildman–Crippen MR) is 77.1 cm³/mol. The zero-order valence-electron chi connectivity index (χ0n) is 10.8. The summed E-state index contributed by atoms with van der Waals surface area (Å²) in [5.74, 6) is 1.15. The van der Waals surface area contributed by atoms with Gasteiger partial charge in [0.2, 0.25) is 0 Å². The molecule has 0 aromatic heterocycles. The van der Waals surface area contributed by atoms with Crippen molar-refractivity contribution in [2.75, 3.05) is 6.61 Å². The van der Waals surface area contributed by atoms with Gasteiger partial charge in [-0.25, -0.2) is 0 Å². The molecule has 96 valence electrons. The van der Waals surface area contributed by atoms with Crippen LogP contribution < -0.4 is 0 Å². The maximum Gasteiger partial charge on any atom is 0.0462 e. The van der Waals surface area contributed by atoms with Crippen LogP contribution in [0.25, 0.3) is 0 Å². The van der Waals surface area contributed by atoms with Crippen molar-refractivity contribution in [1.29, 1.82) is 0 Å². The lowest BCUT2D eigenvalue weighted by atomic mass is 9.87. The van der Waals surface area contributed by atoms with Crippen molar-refractivity contribution in [3.8, 4) is 0 Å². The lowest BCUT2D eigenvalue weighted by Gasteiger charge is -2.20. The first-order chi connectivity index (χ1) is 8.19. The van der Waals surface area contributed by atoms with Gasteiger partial charge in [0.25, 0.3) is 0 Å². The van der Waals surface area contributed by atoms with Crippen molar-refractivity contribution >= 4 is 15.9 Å². The number of hydrogen-bond acceptors (Lipinski definition) is 1. The second kappa shape index (κ2) is 7.88. The van der Waals surface area contributed by atoms with Crippen LogP contribution in [0.15, 0.2) is 28.7 Å². The molecule has 0 radical (unpaired) electrons. The normalized spacial score (nSPS) is 13.0. The van der Waals surface area contributed by atoms with E-state index in [9.17, 15) is 5.11 Å². The van der Waals surface area contributed by atoms with Crippen LogP contribution in [0.4, 0.5) is 0 Å². The maximum absolute atomic E-state index is 9.48. The minimum absolute atomic E-state index is 0.295. The second-order valence-electron chi connectivity index (χ2n) is 4.80. The molecule has 0 saturated heterocycles. The van der Waals surface area contributed by atoms with E-state index in [4.69, 9.17) is 0 Å². The molecule has 0 amide bonds. The van der Waals surface area contributed by atoms with E-state index < -0.39 is 0 Å². The smallest absolute Gasteiger partial charge is 0.0462 e. The molecule has 1 atom stereocenters. The standard InChI is InChI=1S/C15H23BrO/c1-3-12(4-2)8-14(11-17)9-13-6-5-7-15(16)10-13/h5-7,10,12,14,17H,3-4,8-9,11H2,1-2H3. The van der Waals surface area contributed by atoms with Gasteiger partial charge < -0.3 is 5.11 Å². The van der Waals surface area contributed by atoms with Crippen LogP contribution in [0.5, 0.6) is 0 Å². The average molecular weight is 299 g/mol. The first-order valence-corrected chi connectivity index (χ1v) is 7.34. The number of rotatable bonds is 7. The number of aliphatic hydroxyl groups excluding tert-OH is 1. The topological polar surface area (TPSA) is 20.2 Å². The highest BCUT2D eigenvalue weighted by atomic mass is 79.9. The average Bonchev–Trinajstić information content (AvgIpc) is 2.34. The summed E-state index contributed by atoms with van der Waals surface area (Å²) in [5.41, 5.74) is 1.31. The summed E-state index contributed by atoms with van der Waals surface area (Å²) >= 11 is 3.49. The number of halogens is 1. The van der Waals surface area contributed by atoms with Crippen molar-refractivity contribution in [2.45, 2.75) is 39.5 Å². The fourth-order valence-corrected chi connectivity index (χ4v) is 2.76. The van der Waals surface area contributed by atoms with E-state index in [1.807, 2.05) is 6.07 Å². The number of aliphatic hydroxyl groups is 1. The van der Waals surface area contributed by atoms with E-state index in [1.165, 1.54) is 18.4 Å². The van der Waals surface area contributed by atoms with Crippen molar-refractivity contribution in [2.24, 2.45) is 11.8 Å². The quantitative estimate of drug-likeness (QED) is 0.790. The molecule has 1 unspecified atom stereocenters. The maximum atomic E-state index is 9.48. The summed E-state index contributed by atoms with van der Waals surface area (Å²) in [6.45, 7) is 4.77. The first kappa shape index (κ1) is 14.7. The molecule has 0 fully saturated rings. The van der Waals surface area contributed by atoms with Crippen LogP contribution in [0.1, 0.15) is 38.7 Å². The molecule has 1 N–H and O–H groups in total. The molecule has 0 bridgehead atoms. The van der Waals surface area contributed by atoms with E-state index in [0.717, 1.165) is 23.2 Å². The molecule has 1 rings (SSSR count). The van der Waals surface area contributed by atoms with E-state index >= 15 is 0 Å². The Hall–Kier alpha value is -0.340. The van der Waals surface area contributed by atoms with Gasteiger partial charge in [0, 0.05) is 11.1 Å². The van der Waals surface area contributed by atoms with Gasteiger partial charge in [0.15, 0.2) is 0 Å². The van der Waals surface area contributed by atoms with Crippen LogP contribution in [0.2, 0.25) is 0 Å². The van der Waals surface area contributed by atoms with Gasteiger partial charge in [-0.1, -0.05) is 54.8 Å². The van der Waals surface area contributed by atoms with Gasteiger partial charge in [-0.2, -0.15) is 0 Å². The van der Waals surface area contributed by atoms with Crippen molar-refractivity contribution < 1.29 is 5.11 Å². The molecule has 0 heterocycles. The first-order valence-electron chi connectivity index (χ1n) is 6.54. The zero-order chi connectivity index (χ0) is 12.7. The van der Waals surface area contributed by atoms with Crippen LogP contribution in [-0.2, 0) is 6.42 Å². The Balaban J connectivity index is 2.57. The van der Waals surface area contributed by atoms with Gasteiger partial charge in [0.1, 0.15) is 0 Å². The van der Waals surface area contributed by atoms with E-state index in [1.54, 1.807) is 0 Å². The van der Waals surface area contributed by atoms with E-state index in [-0.39, 0.29) is 0 Å². The SMILES string of the molecule is CCC(CC)CC(CO)Cc1cccc(Br)c1. The summed E-state index contributed by atoms with van der Waals surface area (Å²) < 4.78 is 1.12. The third-order valence-electron chi connectivity index (χ3n) is 3.49. The van der Waals surface area contributed by atoms with Gasteiger partial charge in [-0.15, -0.1) is 0 Å². The summed E-state index contributed by atoms with van der Waals surface area (Å²) in [4.78, 5) is 0. The molecule has 1 nitrogen and oxygen atoms in total. The summed E-state index contributed by atoms with van der Waals surface area (Å²) in [7, 11) is 0. The van der Waals surface area contributed by atoms with E-state index in [2.05, 4.69) is 48.0 Å². The fourth-order valence-electron chi connectivity index (χ4n) is 2.31. The Morgan fingerprint density at radius 2 is 1.88 bits per heavy atom. The zero-order valence-corrected chi connectivity index (χ0v) is 12.4. The molecule has 1 aromatic carbocycles. The number of hydrogen-bond donors (Lipinski definition) is 1.